The SMILES string of the molecule is CC.CC.CC.CC.CC.CC.CC.CC.CC.CC.Cc1cccc(Nc2nccc(-c3cccc4[nH]ccc34)n2)c1.Cc1cccc(Nc2nccc(-c3cccc4c3ccn4CCCN)n2)c1.Cc1cccc(Nc2nccc(-c3ccccc3)n2)c1.Cc1cccc(Nc2nccc(-c3cccnc3)n2)c1.Cc1cccc(Nc2nccc(-c3ccncc3)n2)c1. The first-order chi connectivity index (χ1) is 64.0. The zero-order valence-corrected chi connectivity index (χ0v) is 81.6. The smallest absolute Gasteiger partial charge is 0.227 e. The number of aromatic amines is 1. The summed E-state index contributed by atoms with van der Waals surface area (Å²) in [6, 6.07) is 84.8. The number of nitrogens with two attached hydrogens (primary N) is 1. The summed E-state index contributed by atoms with van der Waals surface area (Å²) in [4.78, 5) is 55.8. The second-order valence-electron chi connectivity index (χ2n) is 25.8. The summed E-state index contributed by atoms with van der Waals surface area (Å²) in [5.74, 6) is 2.97. The van der Waals surface area contributed by atoms with E-state index in [0.717, 1.165) is 109 Å². The van der Waals surface area contributed by atoms with Gasteiger partial charge in [-0.15, -0.1) is 0 Å². The van der Waals surface area contributed by atoms with Crippen LogP contribution in [0.2, 0.25) is 0 Å². The van der Waals surface area contributed by atoms with Gasteiger partial charge in [-0.05, 0) is 215 Å². The Morgan fingerprint density at radius 3 is 0.977 bits per heavy atom. The number of benzene rings is 8. The number of anilines is 10. The fourth-order valence-electron chi connectivity index (χ4n) is 12.0. The molecule has 20 nitrogen and oxygen atoms in total. The average molecular weight is 1740 g/mol. The van der Waals surface area contributed by atoms with Crippen molar-refractivity contribution in [3.05, 3.63) is 351 Å². The van der Waals surface area contributed by atoms with Crippen LogP contribution < -0.4 is 32.3 Å². The van der Waals surface area contributed by atoms with Gasteiger partial charge in [-0.3, -0.25) is 9.97 Å². The van der Waals surface area contributed by atoms with Crippen molar-refractivity contribution in [3.63, 3.8) is 0 Å². The lowest BCUT2D eigenvalue weighted by Crippen LogP contribution is -2.04. The molecule has 0 saturated carbocycles. The molecule has 20 heteroatoms. The first-order valence-electron chi connectivity index (χ1n) is 46.0. The summed E-state index contributed by atoms with van der Waals surface area (Å²) >= 11 is 0. The molecular weight excluding hydrogens is 1600 g/mol. The van der Waals surface area contributed by atoms with E-state index in [2.05, 4.69) is 235 Å². The van der Waals surface area contributed by atoms with Gasteiger partial charge >= 0.3 is 0 Å². The van der Waals surface area contributed by atoms with Crippen LogP contribution in [-0.2, 0) is 6.54 Å². The van der Waals surface area contributed by atoms with Crippen molar-refractivity contribution < 1.29 is 0 Å². The molecule has 0 bridgehead atoms. The molecule has 0 fully saturated rings. The van der Waals surface area contributed by atoms with Gasteiger partial charge in [-0.25, -0.2) is 49.8 Å². The summed E-state index contributed by atoms with van der Waals surface area (Å²) < 4.78 is 2.25. The van der Waals surface area contributed by atoms with Crippen molar-refractivity contribution in [1.82, 2.24) is 69.4 Å². The largest absolute Gasteiger partial charge is 0.361 e. The quantitative estimate of drug-likeness (QED) is 0.0421. The third kappa shape index (κ3) is 37.2. The number of nitrogens with zero attached hydrogens (tertiary/aromatic N) is 13. The third-order valence-corrected chi connectivity index (χ3v) is 17.2. The highest BCUT2D eigenvalue weighted by molar-refractivity contribution is 5.95. The van der Waals surface area contributed by atoms with Crippen molar-refractivity contribution in [2.24, 2.45) is 5.73 Å². The summed E-state index contributed by atoms with van der Waals surface area (Å²) in [7, 11) is 0. The standard InChI is InChI=1S/C22H23N5.C19H16N4.C17H15N3.2C16H14N4.10C2H6/c1-16-5-2-6-17(15-16)25-22-24-12-9-20(26-22)18-7-3-8-21-19(18)10-14-27(21)13-4-11-23;1-13-4-2-5-14(12-13)22-19-21-11-9-18(23-19)15-6-3-7-17-16(15)8-10-20-17;1-13-6-5-9-15(12-13)19-17-18-11-10-16(20-17)14-7-3-2-4-8-14;1-12-4-2-6-14(10-12)19-16-18-9-7-15(20-16)13-5-3-8-17-11-13;1-12-3-2-4-14(11-12)19-16-18-10-7-15(20-16)13-5-8-17-9-6-13;10*1-2/h2-3,5-10,12,14-15H,4,11,13,23H2,1H3,(H,24,25,26);2-12,20H,1H3,(H,21,22,23);2-12H,1H3,(H,18,19,20);2*2-11H,1H3,(H,18,19,20);10*1-2H3. The van der Waals surface area contributed by atoms with Crippen LogP contribution in [0.3, 0.4) is 0 Å². The van der Waals surface area contributed by atoms with Crippen LogP contribution in [0, 0.1) is 34.6 Å². The summed E-state index contributed by atoms with van der Waals surface area (Å²) in [6.45, 7) is 51.9. The number of fused-ring (bicyclic) bond motifs is 2. The van der Waals surface area contributed by atoms with E-state index in [1.165, 1.54) is 38.7 Å². The van der Waals surface area contributed by atoms with Crippen LogP contribution in [0.4, 0.5) is 58.2 Å². The minimum atomic E-state index is 0.581. The number of aromatic nitrogens is 14. The number of aryl methyl sites for hydroxylation is 6. The molecule has 0 aliphatic rings. The number of pyridine rings is 2. The maximum atomic E-state index is 5.66. The van der Waals surface area contributed by atoms with Gasteiger partial charge in [0.1, 0.15) is 0 Å². The van der Waals surface area contributed by atoms with Crippen LogP contribution >= 0.6 is 0 Å². The first kappa shape index (κ1) is 110. The molecule has 0 aliphatic carbocycles. The highest BCUT2D eigenvalue weighted by atomic mass is 15.1. The predicted octanol–water partition coefficient (Wildman–Crippen LogP) is 30.8. The maximum Gasteiger partial charge on any atom is 0.227 e. The predicted molar refractivity (Wildman–Crippen MR) is 560 cm³/mol. The molecule has 8 aromatic carbocycles. The van der Waals surface area contributed by atoms with Crippen LogP contribution in [0.25, 0.3) is 78.1 Å². The molecule has 17 aromatic rings. The molecule has 682 valence electrons. The van der Waals surface area contributed by atoms with Crippen molar-refractivity contribution >= 4 is 80.0 Å². The van der Waals surface area contributed by atoms with E-state index in [-0.39, 0.29) is 0 Å². The van der Waals surface area contributed by atoms with E-state index in [1.54, 1.807) is 55.8 Å². The summed E-state index contributed by atoms with van der Waals surface area (Å²) in [5, 5.41) is 18.6. The Kier molecular flexibility index (Phi) is 55.7. The van der Waals surface area contributed by atoms with Gasteiger partial charge in [0, 0.05) is 153 Å². The Hall–Kier alpha value is -14.5. The molecular formula is C110H142N20. The Bertz CT molecular complexity index is 5520. The van der Waals surface area contributed by atoms with Crippen molar-refractivity contribution in [1.29, 1.82) is 0 Å². The fraction of sp³-hybridized carbons (Fsp3) is 0.255. The number of rotatable bonds is 18. The fourth-order valence-corrected chi connectivity index (χ4v) is 12.0. The van der Waals surface area contributed by atoms with Crippen molar-refractivity contribution in [3.8, 4) is 56.3 Å². The zero-order valence-electron chi connectivity index (χ0n) is 81.6. The van der Waals surface area contributed by atoms with E-state index in [1.807, 2.05) is 296 Å². The van der Waals surface area contributed by atoms with Crippen molar-refractivity contribution in [2.45, 2.75) is 186 Å². The summed E-state index contributed by atoms with van der Waals surface area (Å²) in [5.41, 5.74) is 28.6. The monoisotopic (exact) mass is 1740 g/mol. The number of hydrogen-bond donors (Lipinski definition) is 7. The van der Waals surface area contributed by atoms with Gasteiger partial charge in [0.2, 0.25) is 29.7 Å². The number of hydrogen-bond acceptors (Lipinski definition) is 18. The Labute approximate surface area is 776 Å². The molecule has 0 amide bonds. The molecule has 0 atom stereocenters. The normalized spacial score (nSPS) is 9.40. The second-order valence-corrected chi connectivity index (χ2v) is 25.8. The lowest BCUT2D eigenvalue weighted by molar-refractivity contribution is 0.671. The molecule has 9 heterocycles. The maximum absolute atomic E-state index is 5.66. The summed E-state index contributed by atoms with van der Waals surface area (Å²) in [6.07, 6.45) is 20.9. The van der Waals surface area contributed by atoms with Gasteiger partial charge in [-0.2, -0.15) is 0 Å². The molecule has 0 aliphatic heterocycles. The van der Waals surface area contributed by atoms with Gasteiger partial charge in [-0.1, -0.05) is 254 Å². The highest BCUT2D eigenvalue weighted by Crippen LogP contribution is 2.32. The lowest BCUT2D eigenvalue weighted by atomic mass is 10.1. The van der Waals surface area contributed by atoms with Crippen LogP contribution in [0.15, 0.2) is 323 Å². The molecule has 8 N–H and O–H groups in total. The van der Waals surface area contributed by atoms with E-state index in [9.17, 15) is 0 Å². The number of nitrogens with one attached hydrogen (secondary N) is 6. The topological polar surface area (TPSA) is 262 Å². The van der Waals surface area contributed by atoms with Crippen LogP contribution in [0.1, 0.15) is 173 Å². The zero-order chi connectivity index (χ0) is 95.6. The molecule has 17 rings (SSSR count). The Balaban J connectivity index is 0.000000400. The van der Waals surface area contributed by atoms with E-state index in [4.69, 9.17) is 10.7 Å². The van der Waals surface area contributed by atoms with E-state index < -0.39 is 0 Å². The average Bonchev–Trinajstić information content (AvgIpc) is 1.61. The van der Waals surface area contributed by atoms with Crippen molar-refractivity contribution in [2.75, 3.05) is 33.1 Å². The minimum Gasteiger partial charge on any atom is -0.361 e. The Morgan fingerprint density at radius 2 is 0.615 bits per heavy atom. The van der Waals surface area contributed by atoms with Gasteiger partial charge in [0.15, 0.2) is 0 Å². The third-order valence-electron chi connectivity index (χ3n) is 17.2. The molecule has 0 spiro atoms. The Morgan fingerprint density at radius 1 is 0.285 bits per heavy atom. The molecule has 9 aromatic heterocycles. The minimum absolute atomic E-state index is 0.581. The van der Waals surface area contributed by atoms with Crippen LogP contribution in [0.5, 0.6) is 0 Å². The lowest BCUT2D eigenvalue weighted by Gasteiger charge is -2.09. The highest BCUT2D eigenvalue weighted by Gasteiger charge is 2.13. The molecule has 0 saturated heterocycles. The first-order valence-corrected chi connectivity index (χ1v) is 46.0. The van der Waals surface area contributed by atoms with Gasteiger partial charge < -0.3 is 41.9 Å². The molecule has 0 radical (unpaired) electrons. The molecule has 130 heavy (non-hydrogen) atoms. The second kappa shape index (κ2) is 66.0. The van der Waals surface area contributed by atoms with Gasteiger partial charge in [0.25, 0.3) is 0 Å². The van der Waals surface area contributed by atoms with Crippen LogP contribution in [-0.4, -0.2) is 75.9 Å². The van der Waals surface area contributed by atoms with E-state index >= 15 is 0 Å². The molecule has 0 unspecified atom stereocenters. The van der Waals surface area contributed by atoms with Gasteiger partial charge in [0.05, 0.1) is 28.5 Å². The number of H-pyrrole nitrogens is 1. The van der Waals surface area contributed by atoms with E-state index in [0.29, 0.717) is 36.3 Å².